The minimum atomic E-state index is 0.198. The number of rotatable bonds is 8. The fraction of sp³-hybridized carbons (Fsp3) is 0.800. The first kappa shape index (κ1) is 24.3. The van der Waals surface area contributed by atoms with Crippen LogP contribution in [0.3, 0.4) is 0 Å². The first-order valence-corrected chi connectivity index (χ1v) is 13.3. The summed E-state index contributed by atoms with van der Waals surface area (Å²) in [5.41, 5.74) is 5.42. The van der Waals surface area contributed by atoms with Gasteiger partial charge in [-0.15, -0.1) is 0 Å². The SMILES string of the molecule is C/C(=C/CCC1(C)C2CC3C(C2)C31C)CO.C=C1C2CCC(C2)C1(C)CC/C=C(/C)CO. The highest BCUT2D eigenvalue weighted by Gasteiger charge is 2.80. The molecule has 0 spiro atoms. The standard InChI is InChI=1S/2C15H24O/c1-10(9-16)5-4-6-14(2)11-7-12-13(8-11)15(12,14)3;1-11(10-16)5-4-8-15(3)12(2)13-6-7-14(15)9-13/h5,11-13,16H,4,6-9H2,1-3H3;5,13-14,16H,2,4,6-10H2,1,3H3/b10-5-;11-5-. The van der Waals surface area contributed by atoms with Gasteiger partial charge in [-0.25, -0.2) is 0 Å². The zero-order valence-electron chi connectivity index (χ0n) is 21.4. The van der Waals surface area contributed by atoms with Gasteiger partial charge in [-0.2, -0.15) is 0 Å². The van der Waals surface area contributed by atoms with Gasteiger partial charge in [-0.1, -0.05) is 56.2 Å². The maximum absolute atomic E-state index is 8.99. The van der Waals surface area contributed by atoms with Gasteiger partial charge in [0.2, 0.25) is 0 Å². The Balaban J connectivity index is 0.000000153. The molecule has 0 amide bonds. The molecule has 2 N–H and O–H groups in total. The lowest BCUT2D eigenvalue weighted by Gasteiger charge is -2.36. The van der Waals surface area contributed by atoms with E-state index in [-0.39, 0.29) is 13.2 Å². The van der Waals surface area contributed by atoms with Crippen molar-refractivity contribution in [1.82, 2.24) is 0 Å². The first-order chi connectivity index (χ1) is 15.1. The van der Waals surface area contributed by atoms with Crippen LogP contribution in [0.25, 0.3) is 0 Å². The van der Waals surface area contributed by atoms with Crippen molar-refractivity contribution >= 4 is 0 Å². The van der Waals surface area contributed by atoms with Gasteiger partial charge < -0.3 is 10.2 Å². The molecule has 2 heteroatoms. The lowest BCUT2D eigenvalue weighted by atomic mass is 9.69. The summed E-state index contributed by atoms with van der Waals surface area (Å²) in [6.45, 7) is 16.3. The van der Waals surface area contributed by atoms with Crippen molar-refractivity contribution in [1.29, 1.82) is 0 Å². The van der Waals surface area contributed by atoms with Crippen molar-refractivity contribution in [3.05, 3.63) is 35.5 Å². The summed E-state index contributed by atoms with van der Waals surface area (Å²) >= 11 is 0. The highest BCUT2D eigenvalue weighted by atomic mass is 16.3. The molecule has 6 atom stereocenters. The van der Waals surface area contributed by atoms with Crippen molar-refractivity contribution in [3.63, 3.8) is 0 Å². The molecule has 6 fully saturated rings. The van der Waals surface area contributed by atoms with Gasteiger partial charge in [0.15, 0.2) is 0 Å². The topological polar surface area (TPSA) is 40.5 Å². The van der Waals surface area contributed by atoms with Gasteiger partial charge in [0.1, 0.15) is 0 Å². The predicted molar refractivity (Wildman–Crippen MR) is 134 cm³/mol. The smallest absolute Gasteiger partial charge is 0.0639 e. The summed E-state index contributed by atoms with van der Waals surface area (Å²) in [6.07, 6.45) is 16.4. The summed E-state index contributed by atoms with van der Waals surface area (Å²) in [4.78, 5) is 0. The molecule has 32 heavy (non-hydrogen) atoms. The third kappa shape index (κ3) is 3.68. The van der Waals surface area contributed by atoms with Gasteiger partial charge in [0.25, 0.3) is 0 Å². The third-order valence-corrected chi connectivity index (χ3v) is 11.5. The molecule has 180 valence electrons. The highest BCUT2D eigenvalue weighted by Crippen LogP contribution is 2.87. The Morgan fingerprint density at radius 3 is 1.88 bits per heavy atom. The van der Waals surface area contributed by atoms with Crippen molar-refractivity contribution in [2.75, 3.05) is 13.2 Å². The Hall–Kier alpha value is -0.860. The Labute approximate surface area is 197 Å². The molecule has 0 radical (unpaired) electrons. The Morgan fingerprint density at radius 2 is 1.44 bits per heavy atom. The second kappa shape index (κ2) is 8.73. The molecule has 0 aromatic carbocycles. The van der Waals surface area contributed by atoms with Gasteiger partial charge in [0.05, 0.1) is 13.2 Å². The lowest BCUT2D eigenvalue weighted by Crippen LogP contribution is -2.26. The molecule has 6 bridgehead atoms. The van der Waals surface area contributed by atoms with E-state index in [2.05, 4.69) is 39.5 Å². The van der Waals surface area contributed by atoms with E-state index in [0.717, 1.165) is 53.6 Å². The zero-order valence-corrected chi connectivity index (χ0v) is 21.4. The highest BCUT2D eigenvalue weighted by molar-refractivity contribution is 5.29. The molecule has 6 rings (SSSR count). The van der Waals surface area contributed by atoms with Crippen LogP contribution >= 0.6 is 0 Å². The summed E-state index contributed by atoms with van der Waals surface area (Å²) in [5.74, 6) is 4.86. The van der Waals surface area contributed by atoms with Crippen LogP contribution in [-0.4, -0.2) is 23.4 Å². The van der Waals surface area contributed by atoms with Gasteiger partial charge in [-0.05, 0) is 117 Å². The normalized spacial score (nSPS) is 46.0. The van der Waals surface area contributed by atoms with E-state index >= 15 is 0 Å². The number of hydrogen-bond acceptors (Lipinski definition) is 2. The maximum atomic E-state index is 8.99. The molecule has 2 nitrogen and oxygen atoms in total. The molecule has 0 aromatic rings. The lowest BCUT2D eigenvalue weighted by molar-refractivity contribution is 0.154. The molecule has 0 heterocycles. The van der Waals surface area contributed by atoms with Crippen LogP contribution in [-0.2, 0) is 0 Å². The fourth-order valence-electron chi connectivity index (χ4n) is 8.84. The van der Waals surface area contributed by atoms with E-state index in [1.807, 2.05) is 13.8 Å². The molecule has 6 aliphatic rings. The van der Waals surface area contributed by atoms with E-state index in [1.165, 1.54) is 50.5 Å². The molecule has 0 aliphatic heterocycles. The number of aliphatic hydroxyl groups excluding tert-OH is 2. The Morgan fingerprint density at radius 1 is 0.875 bits per heavy atom. The molecule has 6 saturated carbocycles. The zero-order chi connectivity index (χ0) is 23.3. The molecule has 0 aromatic heterocycles. The molecule has 6 unspecified atom stereocenters. The van der Waals surface area contributed by atoms with Crippen molar-refractivity contribution in [3.8, 4) is 0 Å². The van der Waals surface area contributed by atoms with Crippen molar-refractivity contribution < 1.29 is 10.2 Å². The third-order valence-electron chi connectivity index (χ3n) is 11.5. The number of allylic oxidation sites excluding steroid dienone is 3. The van der Waals surface area contributed by atoms with Crippen LogP contribution in [0.15, 0.2) is 35.5 Å². The summed E-state index contributed by atoms with van der Waals surface area (Å²) in [5, 5.41) is 18.0. The Bertz CT molecular complexity index is 779. The van der Waals surface area contributed by atoms with E-state index in [4.69, 9.17) is 10.2 Å². The quantitative estimate of drug-likeness (QED) is 0.396. The van der Waals surface area contributed by atoms with Gasteiger partial charge in [0, 0.05) is 0 Å². The van der Waals surface area contributed by atoms with E-state index < -0.39 is 0 Å². The Kier molecular flexibility index (Phi) is 6.62. The van der Waals surface area contributed by atoms with Crippen LogP contribution in [0.2, 0.25) is 0 Å². The van der Waals surface area contributed by atoms with E-state index in [1.54, 1.807) is 0 Å². The van der Waals surface area contributed by atoms with Crippen LogP contribution < -0.4 is 0 Å². The van der Waals surface area contributed by atoms with E-state index in [0.29, 0.717) is 16.2 Å². The molecular formula is C30H48O2. The largest absolute Gasteiger partial charge is 0.392 e. The molecular weight excluding hydrogens is 392 g/mol. The average molecular weight is 441 g/mol. The number of fused-ring (bicyclic) bond motifs is 2. The minimum Gasteiger partial charge on any atom is -0.392 e. The molecule has 0 saturated heterocycles. The first-order valence-electron chi connectivity index (χ1n) is 13.3. The molecule has 6 aliphatic carbocycles. The maximum Gasteiger partial charge on any atom is 0.0639 e. The second-order valence-corrected chi connectivity index (χ2v) is 12.7. The minimum absolute atomic E-state index is 0.198. The second-order valence-electron chi connectivity index (χ2n) is 12.7. The van der Waals surface area contributed by atoms with Crippen LogP contribution in [0, 0.1) is 45.8 Å². The summed E-state index contributed by atoms with van der Waals surface area (Å²) in [7, 11) is 0. The van der Waals surface area contributed by atoms with Crippen molar-refractivity contribution in [2.45, 2.75) is 92.4 Å². The van der Waals surface area contributed by atoms with Crippen LogP contribution in [0.4, 0.5) is 0 Å². The average Bonchev–Trinajstić information content (AvgIpc) is 3.36. The number of hydrogen-bond donors (Lipinski definition) is 2. The van der Waals surface area contributed by atoms with Crippen LogP contribution in [0.5, 0.6) is 0 Å². The summed E-state index contributed by atoms with van der Waals surface area (Å²) < 4.78 is 0. The number of aliphatic hydroxyl groups is 2. The van der Waals surface area contributed by atoms with Crippen molar-refractivity contribution in [2.24, 2.45) is 45.8 Å². The summed E-state index contributed by atoms with van der Waals surface area (Å²) in [6, 6.07) is 0. The van der Waals surface area contributed by atoms with E-state index in [9.17, 15) is 0 Å². The monoisotopic (exact) mass is 440 g/mol. The van der Waals surface area contributed by atoms with Gasteiger partial charge in [-0.3, -0.25) is 0 Å². The van der Waals surface area contributed by atoms with Gasteiger partial charge >= 0.3 is 0 Å². The fourth-order valence-corrected chi connectivity index (χ4v) is 8.84. The predicted octanol–water partition coefficient (Wildman–Crippen LogP) is 7.09. The van der Waals surface area contributed by atoms with Crippen LogP contribution in [0.1, 0.15) is 92.4 Å².